The smallest absolute Gasteiger partial charge is 0.0641 e. The van der Waals surface area contributed by atoms with Crippen LogP contribution in [0.5, 0.6) is 0 Å². The summed E-state index contributed by atoms with van der Waals surface area (Å²) < 4.78 is 5.94. The van der Waals surface area contributed by atoms with Gasteiger partial charge in [-0.05, 0) is 47.3 Å². The van der Waals surface area contributed by atoms with Crippen LogP contribution in [0.4, 0.5) is 0 Å². The molecule has 0 aromatic rings. The molecular formula is C16H34N2O. The van der Waals surface area contributed by atoms with E-state index in [-0.39, 0.29) is 5.54 Å². The zero-order chi connectivity index (χ0) is 14.3. The molecule has 0 amide bonds. The van der Waals surface area contributed by atoms with E-state index in [1.807, 2.05) is 0 Å². The Labute approximate surface area is 120 Å². The van der Waals surface area contributed by atoms with E-state index in [2.05, 4.69) is 45.1 Å². The zero-order valence-corrected chi connectivity index (χ0v) is 13.7. The summed E-state index contributed by atoms with van der Waals surface area (Å²) in [6, 6.07) is 0.438. The van der Waals surface area contributed by atoms with Gasteiger partial charge < -0.3 is 15.0 Å². The lowest BCUT2D eigenvalue weighted by atomic mass is 9.81. The Hall–Kier alpha value is -0.120. The third-order valence-corrected chi connectivity index (χ3v) is 4.56. The fourth-order valence-corrected chi connectivity index (χ4v) is 3.39. The fraction of sp³-hybridized carbons (Fsp3) is 1.00. The van der Waals surface area contributed by atoms with Crippen molar-refractivity contribution in [2.75, 3.05) is 27.2 Å². The van der Waals surface area contributed by atoms with Gasteiger partial charge in [-0.1, -0.05) is 32.6 Å². The van der Waals surface area contributed by atoms with Crippen LogP contribution in [0.1, 0.15) is 59.3 Å². The molecule has 114 valence electrons. The van der Waals surface area contributed by atoms with Crippen LogP contribution < -0.4 is 5.32 Å². The van der Waals surface area contributed by atoms with Crippen molar-refractivity contribution >= 4 is 0 Å². The lowest BCUT2D eigenvalue weighted by Gasteiger charge is -2.46. The Morgan fingerprint density at radius 1 is 1.11 bits per heavy atom. The van der Waals surface area contributed by atoms with Crippen molar-refractivity contribution in [3.8, 4) is 0 Å². The van der Waals surface area contributed by atoms with Crippen LogP contribution in [0.25, 0.3) is 0 Å². The fourth-order valence-electron chi connectivity index (χ4n) is 3.39. The van der Waals surface area contributed by atoms with Crippen molar-refractivity contribution in [2.24, 2.45) is 0 Å². The molecule has 1 aliphatic carbocycles. The summed E-state index contributed by atoms with van der Waals surface area (Å²) in [6.45, 7) is 8.28. The first-order chi connectivity index (χ1) is 9.03. The van der Waals surface area contributed by atoms with Gasteiger partial charge in [0, 0.05) is 11.6 Å². The van der Waals surface area contributed by atoms with Crippen LogP contribution >= 0.6 is 0 Å². The lowest BCUT2D eigenvalue weighted by Crippen LogP contribution is -2.60. The number of nitrogens with zero attached hydrogens (tertiary/aromatic N) is 1. The van der Waals surface area contributed by atoms with Gasteiger partial charge in [0.1, 0.15) is 0 Å². The summed E-state index contributed by atoms with van der Waals surface area (Å²) in [6.07, 6.45) is 8.37. The molecule has 3 heteroatoms. The van der Waals surface area contributed by atoms with E-state index in [1.165, 1.54) is 38.5 Å². The molecule has 0 heterocycles. The second kappa shape index (κ2) is 8.23. The molecule has 1 fully saturated rings. The average Bonchev–Trinajstić information content (AvgIpc) is 2.60. The average molecular weight is 270 g/mol. The molecule has 1 aliphatic rings. The highest BCUT2D eigenvalue weighted by Crippen LogP contribution is 2.34. The quantitative estimate of drug-likeness (QED) is 0.720. The first-order valence-electron chi connectivity index (χ1n) is 8.05. The maximum absolute atomic E-state index is 5.94. The Morgan fingerprint density at radius 2 is 1.68 bits per heavy atom. The maximum atomic E-state index is 5.94. The molecule has 3 nitrogen and oxygen atoms in total. The molecule has 19 heavy (non-hydrogen) atoms. The van der Waals surface area contributed by atoms with Crippen LogP contribution in [0.3, 0.4) is 0 Å². The minimum absolute atomic E-state index is 0.265. The molecule has 1 rings (SSSR count). The van der Waals surface area contributed by atoms with Crippen LogP contribution in [-0.4, -0.2) is 49.8 Å². The maximum Gasteiger partial charge on any atom is 0.0641 e. The molecule has 0 bridgehead atoms. The van der Waals surface area contributed by atoms with Gasteiger partial charge in [-0.3, -0.25) is 0 Å². The Bertz CT molecular complexity index is 233. The van der Waals surface area contributed by atoms with Crippen molar-refractivity contribution in [2.45, 2.75) is 77.0 Å². The van der Waals surface area contributed by atoms with E-state index in [4.69, 9.17) is 4.74 Å². The second-order valence-corrected chi connectivity index (χ2v) is 6.40. The zero-order valence-electron chi connectivity index (χ0n) is 13.7. The van der Waals surface area contributed by atoms with Crippen LogP contribution in [-0.2, 0) is 4.74 Å². The van der Waals surface area contributed by atoms with Gasteiger partial charge in [0.15, 0.2) is 0 Å². The summed E-state index contributed by atoms with van der Waals surface area (Å²) in [4.78, 5) is 2.45. The van der Waals surface area contributed by atoms with Gasteiger partial charge in [-0.15, -0.1) is 0 Å². The van der Waals surface area contributed by atoms with Crippen LogP contribution in [0, 0.1) is 0 Å². The highest BCUT2D eigenvalue weighted by Gasteiger charge is 2.40. The minimum Gasteiger partial charge on any atom is -0.377 e. The third-order valence-electron chi connectivity index (χ3n) is 4.56. The number of hydrogen-bond donors (Lipinski definition) is 1. The second-order valence-electron chi connectivity index (χ2n) is 6.40. The number of ether oxygens (including phenoxy) is 1. The molecular weight excluding hydrogens is 236 g/mol. The molecule has 0 aromatic carbocycles. The van der Waals surface area contributed by atoms with Crippen molar-refractivity contribution < 1.29 is 4.74 Å². The SMILES string of the molecule is CCNC(COC(C)C)C1(N(C)C)CCCCCC1. The summed E-state index contributed by atoms with van der Waals surface area (Å²) in [5.41, 5.74) is 0.265. The summed E-state index contributed by atoms with van der Waals surface area (Å²) in [5.74, 6) is 0. The van der Waals surface area contributed by atoms with Gasteiger partial charge in [0.25, 0.3) is 0 Å². The van der Waals surface area contributed by atoms with Crippen LogP contribution in [0.2, 0.25) is 0 Å². The molecule has 1 atom stereocenters. The van der Waals surface area contributed by atoms with E-state index in [9.17, 15) is 0 Å². The Balaban J connectivity index is 2.82. The Morgan fingerprint density at radius 3 is 2.11 bits per heavy atom. The minimum atomic E-state index is 0.265. The summed E-state index contributed by atoms with van der Waals surface area (Å²) in [7, 11) is 4.48. The van der Waals surface area contributed by atoms with Gasteiger partial charge >= 0.3 is 0 Å². The molecule has 0 radical (unpaired) electrons. The van der Waals surface area contributed by atoms with Crippen molar-refractivity contribution in [3.63, 3.8) is 0 Å². The van der Waals surface area contributed by atoms with E-state index >= 15 is 0 Å². The first-order valence-corrected chi connectivity index (χ1v) is 8.05. The van der Waals surface area contributed by atoms with Crippen molar-refractivity contribution in [1.29, 1.82) is 0 Å². The van der Waals surface area contributed by atoms with Gasteiger partial charge in [-0.2, -0.15) is 0 Å². The highest BCUT2D eigenvalue weighted by molar-refractivity contribution is 4.99. The third kappa shape index (κ3) is 4.73. The van der Waals surface area contributed by atoms with Gasteiger partial charge in [-0.25, -0.2) is 0 Å². The molecule has 0 spiro atoms. The summed E-state index contributed by atoms with van der Waals surface area (Å²) >= 11 is 0. The predicted molar refractivity (Wildman–Crippen MR) is 82.7 cm³/mol. The highest BCUT2D eigenvalue weighted by atomic mass is 16.5. The van der Waals surface area contributed by atoms with E-state index in [0.29, 0.717) is 12.1 Å². The van der Waals surface area contributed by atoms with Crippen LogP contribution in [0.15, 0.2) is 0 Å². The first kappa shape index (κ1) is 16.9. The van der Waals surface area contributed by atoms with E-state index in [0.717, 1.165) is 13.2 Å². The summed E-state index contributed by atoms with van der Waals surface area (Å²) in [5, 5.41) is 3.69. The molecule has 1 unspecified atom stereocenters. The standard InChI is InChI=1S/C16H34N2O/c1-6-17-15(13-19-14(2)3)16(18(4)5)11-9-7-8-10-12-16/h14-15,17H,6-13H2,1-5H3. The Kier molecular flexibility index (Phi) is 7.33. The van der Waals surface area contributed by atoms with E-state index < -0.39 is 0 Å². The number of likely N-dealkylation sites (N-methyl/N-ethyl adjacent to an activating group) is 2. The molecule has 1 N–H and O–H groups in total. The number of hydrogen-bond acceptors (Lipinski definition) is 3. The largest absolute Gasteiger partial charge is 0.377 e. The lowest BCUT2D eigenvalue weighted by molar-refractivity contribution is -0.000453. The van der Waals surface area contributed by atoms with Crippen molar-refractivity contribution in [3.05, 3.63) is 0 Å². The molecule has 1 saturated carbocycles. The molecule has 0 saturated heterocycles. The number of rotatable bonds is 7. The monoisotopic (exact) mass is 270 g/mol. The van der Waals surface area contributed by atoms with Gasteiger partial charge in [0.05, 0.1) is 12.7 Å². The van der Waals surface area contributed by atoms with E-state index in [1.54, 1.807) is 0 Å². The topological polar surface area (TPSA) is 24.5 Å². The van der Waals surface area contributed by atoms with Gasteiger partial charge in [0.2, 0.25) is 0 Å². The molecule has 0 aliphatic heterocycles. The molecule has 0 aromatic heterocycles. The predicted octanol–water partition coefficient (Wildman–Crippen LogP) is 3.04. The van der Waals surface area contributed by atoms with Crippen molar-refractivity contribution in [1.82, 2.24) is 10.2 Å². The normalized spacial score (nSPS) is 21.6. The number of nitrogens with one attached hydrogen (secondary N) is 1.